The highest BCUT2D eigenvalue weighted by atomic mass is 16.6. The molecule has 3 aliphatic heterocycles. The maximum atomic E-state index is 14.1. The van der Waals surface area contributed by atoms with Gasteiger partial charge in [0.05, 0.1) is 18.1 Å². The summed E-state index contributed by atoms with van der Waals surface area (Å²) in [4.78, 5) is 44.5. The molecule has 8 nitrogen and oxygen atoms in total. The van der Waals surface area contributed by atoms with Crippen molar-refractivity contribution in [1.82, 2.24) is 9.80 Å². The van der Waals surface area contributed by atoms with Crippen LogP contribution in [-0.2, 0) is 23.9 Å². The maximum Gasteiger partial charge on any atom is 0.312 e. The van der Waals surface area contributed by atoms with Gasteiger partial charge in [0.1, 0.15) is 17.6 Å². The molecule has 1 N–H and O–H groups in total. The number of fused-ring (bicyclic) bond motifs is 1. The van der Waals surface area contributed by atoms with Crippen LogP contribution in [0.5, 0.6) is 0 Å². The molecule has 0 radical (unpaired) electrons. The second-order valence-electron chi connectivity index (χ2n) is 10.2. The van der Waals surface area contributed by atoms with Crippen molar-refractivity contribution < 1.29 is 29.0 Å². The van der Waals surface area contributed by atoms with E-state index in [9.17, 15) is 19.5 Å². The van der Waals surface area contributed by atoms with Gasteiger partial charge in [-0.05, 0) is 45.4 Å². The SMILES string of the molecule is C=CCCOC(=O)[C@@H]1[C@H]2C(=O)N(CCCCO)C(C(=O)N(CC=C)CCCCC)C23CC[C@@]1(C)O3. The van der Waals surface area contributed by atoms with Gasteiger partial charge in [-0.25, -0.2) is 0 Å². The highest BCUT2D eigenvalue weighted by Crippen LogP contribution is 2.63. The molecule has 3 saturated heterocycles. The number of hydrogen-bond acceptors (Lipinski definition) is 6. The average Bonchev–Trinajstić information content (AvgIpc) is 3.39. The molecule has 3 heterocycles. The van der Waals surface area contributed by atoms with E-state index in [1.54, 1.807) is 22.0 Å². The van der Waals surface area contributed by atoms with Crippen LogP contribution in [0, 0.1) is 11.8 Å². The Morgan fingerprint density at radius 1 is 1.23 bits per heavy atom. The van der Waals surface area contributed by atoms with E-state index in [2.05, 4.69) is 20.1 Å². The molecule has 3 rings (SSSR count). The Kier molecular flexibility index (Phi) is 9.16. The van der Waals surface area contributed by atoms with E-state index in [-0.39, 0.29) is 25.0 Å². The molecule has 0 aromatic heterocycles. The number of carbonyl (C=O) groups excluding carboxylic acids is 3. The van der Waals surface area contributed by atoms with E-state index in [1.165, 1.54) is 0 Å². The predicted molar refractivity (Wildman–Crippen MR) is 132 cm³/mol. The van der Waals surface area contributed by atoms with Crippen LogP contribution in [0.4, 0.5) is 0 Å². The molecule has 2 unspecified atom stereocenters. The van der Waals surface area contributed by atoms with Crippen molar-refractivity contribution >= 4 is 17.8 Å². The Labute approximate surface area is 209 Å². The zero-order chi connectivity index (χ0) is 25.6. The molecule has 3 fully saturated rings. The third-order valence-electron chi connectivity index (χ3n) is 7.83. The number of aliphatic hydroxyl groups is 1. The van der Waals surface area contributed by atoms with Gasteiger partial charge in [-0.15, -0.1) is 13.2 Å². The van der Waals surface area contributed by atoms with Crippen LogP contribution >= 0.6 is 0 Å². The first-order valence-electron chi connectivity index (χ1n) is 13.1. The molecule has 1 spiro atoms. The number of ether oxygens (including phenoxy) is 2. The van der Waals surface area contributed by atoms with Gasteiger partial charge in [0, 0.05) is 26.2 Å². The molecular formula is C27H42N2O6. The minimum Gasteiger partial charge on any atom is -0.465 e. The number of likely N-dealkylation sites (tertiary alicyclic amines) is 1. The Balaban J connectivity index is 1.96. The van der Waals surface area contributed by atoms with Crippen LogP contribution in [-0.4, -0.2) is 82.8 Å². The number of aliphatic hydroxyl groups excluding tert-OH is 1. The first-order valence-corrected chi connectivity index (χ1v) is 13.1. The van der Waals surface area contributed by atoms with Crippen molar-refractivity contribution in [1.29, 1.82) is 0 Å². The number of nitrogens with zero attached hydrogens (tertiary/aromatic N) is 2. The summed E-state index contributed by atoms with van der Waals surface area (Å²) in [6.07, 6.45) is 9.05. The van der Waals surface area contributed by atoms with Crippen LogP contribution in [0.15, 0.2) is 25.3 Å². The number of carbonyl (C=O) groups is 3. The van der Waals surface area contributed by atoms with Crippen molar-refractivity contribution in [2.45, 2.75) is 82.5 Å². The van der Waals surface area contributed by atoms with Gasteiger partial charge in [-0.1, -0.05) is 31.9 Å². The summed E-state index contributed by atoms with van der Waals surface area (Å²) in [7, 11) is 0. The second kappa shape index (κ2) is 11.7. The molecule has 0 aromatic carbocycles. The van der Waals surface area contributed by atoms with E-state index < -0.39 is 35.0 Å². The average molecular weight is 491 g/mol. The van der Waals surface area contributed by atoms with Crippen molar-refractivity contribution in [2.75, 3.05) is 32.8 Å². The minimum atomic E-state index is -1.05. The smallest absolute Gasteiger partial charge is 0.312 e. The molecule has 35 heavy (non-hydrogen) atoms. The van der Waals surface area contributed by atoms with E-state index in [1.807, 2.05) is 6.92 Å². The number of rotatable bonds is 15. The van der Waals surface area contributed by atoms with E-state index >= 15 is 0 Å². The lowest BCUT2D eigenvalue weighted by Crippen LogP contribution is -2.56. The quantitative estimate of drug-likeness (QED) is 0.215. The lowest BCUT2D eigenvalue weighted by molar-refractivity contribution is -0.160. The molecule has 5 atom stereocenters. The lowest BCUT2D eigenvalue weighted by Gasteiger charge is -2.37. The summed E-state index contributed by atoms with van der Waals surface area (Å²) < 4.78 is 12.1. The summed E-state index contributed by atoms with van der Waals surface area (Å²) in [5.74, 6) is -2.31. The highest BCUT2D eigenvalue weighted by molar-refractivity contribution is 5.98. The maximum absolute atomic E-state index is 14.1. The lowest BCUT2D eigenvalue weighted by atomic mass is 9.66. The van der Waals surface area contributed by atoms with Crippen LogP contribution < -0.4 is 0 Å². The van der Waals surface area contributed by atoms with Gasteiger partial charge in [-0.2, -0.15) is 0 Å². The Hall–Kier alpha value is -2.19. The fourth-order valence-corrected chi connectivity index (χ4v) is 6.20. The molecule has 8 heteroatoms. The highest BCUT2D eigenvalue weighted by Gasteiger charge is 2.78. The fourth-order valence-electron chi connectivity index (χ4n) is 6.20. The molecule has 196 valence electrons. The van der Waals surface area contributed by atoms with Crippen molar-refractivity contribution in [3.8, 4) is 0 Å². The van der Waals surface area contributed by atoms with Crippen LogP contribution in [0.2, 0.25) is 0 Å². The Morgan fingerprint density at radius 3 is 2.66 bits per heavy atom. The number of esters is 1. The van der Waals surface area contributed by atoms with Crippen LogP contribution in [0.1, 0.15) is 65.2 Å². The van der Waals surface area contributed by atoms with Crippen LogP contribution in [0.25, 0.3) is 0 Å². The molecule has 2 bridgehead atoms. The van der Waals surface area contributed by atoms with E-state index in [0.29, 0.717) is 51.7 Å². The molecule has 2 amide bonds. The van der Waals surface area contributed by atoms with Crippen molar-refractivity contribution in [3.05, 3.63) is 25.3 Å². The van der Waals surface area contributed by atoms with Crippen molar-refractivity contribution in [3.63, 3.8) is 0 Å². The molecule has 3 aliphatic rings. The van der Waals surface area contributed by atoms with Gasteiger partial charge in [0.15, 0.2) is 0 Å². The monoisotopic (exact) mass is 490 g/mol. The standard InChI is InChI=1S/C27H42N2O6/c1-5-8-10-16-28(15-7-3)24(32)22-27-14-13-26(4,35-27)21(25(33)34-19-9-6-2)20(27)23(31)29(22)17-11-12-18-30/h6-7,20-22,30H,2-3,5,8-19H2,1,4H3/t20-,21-,22?,26+,27?/m0/s1. The molecular weight excluding hydrogens is 448 g/mol. The number of hydrogen-bond donors (Lipinski definition) is 1. The van der Waals surface area contributed by atoms with Gasteiger partial charge in [0.2, 0.25) is 11.8 Å². The fraction of sp³-hybridized carbons (Fsp3) is 0.741. The third kappa shape index (κ3) is 5.05. The Morgan fingerprint density at radius 2 is 2.00 bits per heavy atom. The third-order valence-corrected chi connectivity index (χ3v) is 7.83. The normalized spacial score (nSPS) is 30.9. The second-order valence-corrected chi connectivity index (χ2v) is 10.2. The van der Waals surface area contributed by atoms with E-state index in [4.69, 9.17) is 9.47 Å². The summed E-state index contributed by atoms with van der Waals surface area (Å²) in [6, 6.07) is -0.798. The van der Waals surface area contributed by atoms with Gasteiger partial charge in [-0.3, -0.25) is 14.4 Å². The molecule has 0 aromatic rings. The number of unbranched alkanes of at least 4 members (excludes halogenated alkanes) is 3. The first kappa shape index (κ1) is 27.4. The zero-order valence-electron chi connectivity index (χ0n) is 21.4. The summed E-state index contributed by atoms with van der Waals surface area (Å²) in [6.45, 7) is 13.0. The minimum absolute atomic E-state index is 0.0155. The summed E-state index contributed by atoms with van der Waals surface area (Å²) in [5, 5.41) is 9.29. The van der Waals surface area contributed by atoms with Crippen LogP contribution in [0.3, 0.4) is 0 Å². The zero-order valence-corrected chi connectivity index (χ0v) is 21.4. The van der Waals surface area contributed by atoms with Gasteiger partial charge < -0.3 is 24.4 Å². The summed E-state index contributed by atoms with van der Waals surface area (Å²) >= 11 is 0. The molecule has 0 saturated carbocycles. The first-order chi connectivity index (χ1) is 16.8. The van der Waals surface area contributed by atoms with Gasteiger partial charge >= 0.3 is 5.97 Å². The summed E-state index contributed by atoms with van der Waals surface area (Å²) in [5.41, 5.74) is -1.89. The van der Waals surface area contributed by atoms with Gasteiger partial charge in [0.25, 0.3) is 0 Å². The Bertz CT molecular complexity index is 815. The number of amides is 2. The predicted octanol–water partition coefficient (Wildman–Crippen LogP) is 2.85. The van der Waals surface area contributed by atoms with Crippen molar-refractivity contribution in [2.24, 2.45) is 11.8 Å². The molecule has 0 aliphatic carbocycles. The topological polar surface area (TPSA) is 96.4 Å². The van der Waals surface area contributed by atoms with E-state index in [0.717, 1.165) is 19.3 Å². The largest absolute Gasteiger partial charge is 0.465 e.